The average Bonchev–Trinajstić information content (AvgIpc) is 2.06. The predicted molar refractivity (Wildman–Crippen MR) is 51.0 cm³/mol. The lowest BCUT2D eigenvalue weighted by Crippen LogP contribution is -2.27. The molecule has 0 fully saturated rings. The molecule has 0 bridgehead atoms. The standard InChI is InChI=1S/C8H15NOS/c1-9-11(2,10)8-6-4-3-5-7-8/h4,6-7,11H,3,5H2,1-2H3,(H,9,10). The van der Waals surface area contributed by atoms with Crippen LogP contribution >= 0.6 is 0 Å². The first-order valence-electron chi connectivity index (χ1n) is 3.80. The summed E-state index contributed by atoms with van der Waals surface area (Å²) >= 11 is 0. The molecule has 0 unspecified atom stereocenters. The lowest BCUT2D eigenvalue weighted by Gasteiger charge is -2.20. The van der Waals surface area contributed by atoms with E-state index >= 15 is 0 Å². The second kappa shape index (κ2) is 3.32. The van der Waals surface area contributed by atoms with E-state index in [1.54, 1.807) is 13.3 Å². The molecule has 3 heteroatoms. The fourth-order valence-corrected chi connectivity index (χ4v) is 2.17. The van der Waals surface area contributed by atoms with Crippen LogP contribution in [-0.2, 0) is 10.1 Å². The van der Waals surface area contributed by atoms with Gasteiger partial charge in [-0.05, 0) is 30.0 Å². The average molecular weight is 173 g/mol. The zero-order valence-corrected chi connectivity index (χ0v) is 7.90. The SMILES string of the molecule is CN[SH](C)(=O)C1=CCCC=C1. The number of hydrogen-bond donors (Lipinski definition) is 2. The molecule has 0 aromatic rings. The number of allylic oxidation sites excluding steroid dienone is 3. The second-order valence-corrected chi connectivity index (χ2v) is 5.57. The van der Waals surface area contributed by atoms with Crippen molar-refractivity contribution in [2.45, 2.75) is 12.8 Å². The molecule has 0 spiro atoms. The number of nitrogens with one attached hydrogen (secondary N) is 1. The van der Waals surface area contributed by atoms with Gasteiger partial charge in [0.1, 0.15) is 0 Å². The first-order valence-corrected chi connectivity index (χ1v) is 5.96. The van der Waals surface area contributed by atoms with Crippen molar-refractivity contribution in [1.29, 1.82) is 0 Å². The molecular formula is C8H15NOS. The van der Waals surface area contributed by atoms with Crippen LogP contribution in [0.25, 0.3) is 0 Å². The van der Waals surface area contributed by atoms with E-state index in [4.69, 9.17) is 0 Å². The van der Waals surface area contributed by atoms with E-state index in [2.05, 4.69) is 16.9 Å². The van der Waals surface area contributed by atoms with Crippen LogP contribution in [0.4, 0.5) is 0 Å². The molecule has 0 aliphatic heterocycles. The maximum atomic E-state index is 11.7. The zero-order chi connectivity index (χ0) is 8.32. The van der Waals surface area contributed by atoms with Gasteiger partial charge in [0.25, 0.3) is 0 Å². The Balaban J connectivity index is 2.82. The first-order chi connectivity index (χ1) is 5.17. The molecule has 0 radical (unpaired) electrons. The summed E-state index contributed by atoms with van der Waals surface area (Å²) in [5.41, 5.74) is 0. The minimum atomic E-state index is -2.22. The molecule has 0 saturated carbocycles. The van der Waals surface area contributed by atoms with Gasteiger partial charge in [-0.3, -0.25) is 8.93 Å². The third-order valence-corrected chi connectivity index (χ3v) is 4.07. The Kier molecular flexibility index (Phi) is 2.62. The maximum Gasteiger partial charge on any atom is 0.0225 e. The molecule has 64 valence electrons. The van der Waals surface area contributed by atoms with Crippen LogP contribution in [0.5, 0.6) is 0 Å². The molecule has 1 aliphatic carbocycles. The topological polar surface area (TPSA) is 29.1 Å². The molecule has 0 atom stereocenters. The van der Waals surface area contributed by atoms with Crippen LogP contribution < -0.4 is 4.72 Å². The van der Waals surface area contributed by atoms with Gasteiger partial charge in [0.05, 0.1) is 0 Å². The first kappa shape index (κ1) is 8.68. The summed E-state index contributed by atoms with van der Waals surface area (Å²) in [5.74, 6) is 0. The number of hydrogen-bond acceptors (Lipinski definition) is 1. The van der Waals surface area contributed by atoms with Crippen molar-refractivity contribution in [3.05, 3.63) is 23.1 Å². The van der Waals surface area contributed by atoms with Crippen molar-refractivity contribution >= 4 is 10.1 Å². The quantitative estimate of drug-likeness (QED) is 0.599. The van der Waals surface area contributed by atoms with Gasteiger partial charge in [-0.15, -0.1) is 0 Å². The molecular weight excluding hydrogens is 158 g/mol. The smallest absolute Gasteiger partial charge is 0.0225 e. The minimum Gasteiger partial charge on any atom is -0.267 e. The van der Waals surface area contributed by atoms with Crippen molar-refractivity contribution in [1.82, 2.24) is 4.72 Å². The van der Waals surface area contributed by atoms with Crippen LogP contribution in [0, 0.1) is 0 Å². The molecule has 11 heavy (non-hydrogen) atoms. The van der Waals surface area contributed by atoms with Crippen molar-refractivity contribution in [3.63, 3.8) is 0 Å². The van der Waals surface area contributed by atoms with Gasteiger partial charge >= 0.3 is 0 Å². The predicted octanol–water partition coefficient (Wildman–Crippen LogP) is 1.00. The van der Waals surface area contributed by atoms with E-state index < -0.39 is 10.1 Å². The van der Waals surface area contributed by atoms with Gasteiger partial charge in [0.15, 0.2) is 0 Å². The molecule has 0 saturated heterocycles. The Morgan fingerprint density at radius 3 is 2.73 bits per heavy atom. The van der Waals surface area contributed by atoms with Crippen molar-refractivity contribution < 1.29 is 4.21 Å². The molecule has 0 aromatic carbocycles. The summed E-state index contributed by atoms with van der Waals surface area (Å²) in [6.45, 7) is 0. The van der Waals surface area contributed by atoms with Gasteiger partial charge < -0.3 is 0 Å². The summed E-state index contributed by atoms with van der Waals surface area (Å²) in [5, 5.41) is 0. The van der Waals surface area contributed by atoms with Crippen LogP contribution in [-0.4, -0.2) is 17.5 Å². The molecule has 0 amide bonds. The minimum absolute atomic E-state index is 0.964. The summed E-state index contributed by atoms with van der Waals surface area (Å²) < 4.78 is 14.6. The largest absolute Gasteiger partial charge is 0.267 e. The monoisotopic (exact) mass is 173 g/mol. The molecule has 1 aliphatic rings. The van der Waals surface area contributed by atoms with Gasteiger partial charge in [0, 0.05) is 11.2 Å². The van der Waals surface area contributed by atoms with Crippen LogP contribution in [0.1, 0.15) is 12.8 Å². The van der Waals surface area contributed by atoms with Crippen LogP contribution in [0.2, 0.25) is 0 Å². The highest BCUT2D eigenvalue weighted by atomic mass is 32.3. The van der Waals surface area contributed by atoms with Gasteiger partial charge in [-0.1, -0.05) is 18.2 Å². The third-order valence-electron chi connectivity index (χ3n) is 1.89. The molecule has 1 N–H and O–H groups in total. The van der Waals surface area contributed by atoms with E-state index in [-0.39, 0.29) is 0 Å². The Morgan fingerprint density at radius 2 is 2.27 bits per heavy atom. The van der Waals surface area contributed by atoms with Crippen molar-refractivity contribution in [3.8, 4) is 0 Å². The Bertz CT molecular complexity index is 242. The van der Waals surface area contributed by atoms with Crippen molar-refractivity contribution in [2.24, 2.45) is 0 Å². The van der Waals surface area contributed by atoms with Crippen LogP contribution in [0.15, 0.2) is 23.1 Å². The molecule has 1 rings (SSSR count). The molecule has 0 heterocycles. The summed E-state index contributed by atoms with van der Waals surface area (Å²) in [7, 11) is -0.484. The Hall–Kier alpha value is -0.410. The van der Waals surface area contributed by atoms with Crippen molar-refractivity contribution in [2.75, 3.05) is 13.3 Å². The Labute approximate surface area is 68.9 Å². The second-order valence-electron chi connectivity index (χ2n) is 2.76. The number of thiol groups is 1. The highest BCUT2D eigenvalue weighted by Gasteiger charge is 2.09. The van der Waals surface area contributed by atoms with Gasteiger partial charge in [0.2, 0.25) is 0 Å². The summed E-state index contributed by atoms with van der Waals surface area (Å²) in [6.07, 6.45) is 9.94. The van der Waals surface area contributed by atoms with E-state index in [1.165, 1.54) is 0 Å². The van der Waals surface area contributed by atoms with E-state index in [9.17, 15) is 4.21 Å². The summed E-state index contributed by atoms with van der Waals surface area (Å²) in [6, 6.07) is 0. The molecule has 2 nitrogen and oxygen atoms in total. The fourth-order valence-electron chi connectivity index (χ4n) is 1.05. The van der Waals surface area contributed by atoms with E-state index in [0.29, 0.717) is 0 Å². The Morgan fingerprint density at radius 1 is 1.55 bits per heavy atom. The van der Waals surface area contributed by atoms with E-state index in [0.717, 1.165) is 17.7 Å². The highest BCUT2D eigenvalue weighted by molar-refractivity contribution is 8.04. The third kappa shape index (κ3) is 2.01. The normalized spacial score (nSPS) is 19.6. The van der Waals surface area contributed by atoms with Gasteiger partial charge in [-0.2, -0.15) is 0 Å². The van der Waals surface area contributed by atoms with E-state index in [1.807, 2.05) is 6.08 Å². The molecule has 0 aromatic heterocycles. The fraction of sp³-hybridized carbons (Fsp3) is 0.500. The van der Waals surface area contributed by atoms with Gasteiger partial charge in [-0.25, -0.2) is 0 Å². The maximum absolute atomic E-state index is 11.7. The summed E-state index contributed by atoms with van der Waals surface area (Å²) in [4.78, 5) is 0.964. The van der Waals surface area contributed by atoms with Crippen LogP contribution in [0.3, 0.4) is 0 Å². The lowest BCUT2D eigenvalue weighted by atomic mass is 10.2. The number of rotatable bonds is 2. The lowest BCUT2D eigenvalue weighted by molar-refractivity contribution is 0.673. The zero-order valence-electron chi connectivity index (χ0n) is 7.00. The highest BCUT2D eigenvalue weighted by Crippen LogP contribution is 2.17.